The number of hydrogen-bond acceptors (Lipinski definition) is 0. The monoisotopic (exact) mass is 463 g/mol. The van der Waals surface area contributed by atoms with Crippen molar-refractivity contribution in [3.63, 3.8) is 0 Å². The van der Waals surface area contributed by atoms with Gasteiger partial charge in [-0.2, -0.15) is 0 Å². The number of aromatic amines is 1. The van der Waals surface area contributed by atoms with Crippen LogP contribution in [-0.4, -0.2) is 4.98 Å². The predicted octanol–water partition coefficient (Wildman–Crippen LogP) is 8.24. The highest BCUT2D eigenvalue weighted by Crippen LogP contribution is 2.33. The minimum atomic E-state index is 0.784. The van der Waals surface area contributed by atoms with E-state index in [1.165, 1.54) is 57.5 Å². The first-order valence-electron chi connectivity index (χ1n) is 9.33. The van der Waals surface area contributed by atoms with E-state index in [-0.39, 0.29) is 0 Å². The number of fused-ring (bicyclic) bond motifs is 3. The molecule has 0 unspecified atom stereocenters. The molecule has 0 saturated heterocycles. The third kappa shape index (κ3) is 4.68. The summed E-state index contributed by atoms with van der Waals surface area (Å²) in [5, 5.41) is 2.60. The van der Waals surface area contributed by atoms with Gasteiger partial charge in [0.1, 0.15) is 0 Å². The Morgan fingerprint density at radius 1 is 0.880 bits per heavy atom. The van der Waals surface area contributed by atoms with Gasteiger partial charge in [0.2, 0.25) is 0 Å². The molecule has 3 heteroatoms. The van der Waals surface area contributed by atoms with E-state index in [4.69, 9.17) is 0 Å². The maximum Gasteiger partial charge on any atom is 0.0498 e. The number of H-pyrrole nitrogens is 1. The Hall–Kier alpha value is -0.800. The fourth-order valence-corrected chi connectivity index (χ4v) is 4.49. The normalized spacial score (nSPS) is 13.2. The van der Waals surface area contributed by atoms with Gasteiger partial charge in [-0.3, -0.25) is 0 Å². The van der Waals surface area contributed by atoms with Crippen LogP contribution in [-0.2, 0) is 6.42 Å². The maximum atomic E-state index is 3.71. The summed E-state index contributed by atoms with van der Waals surface area (Å²) in [5.74, 6) is 1.61. The quantitative estimate of drug-likeness (QED) is 0.362. The molecule has 1 atom stereocenters. The molecule has 1 N–H and O–H groups in total. The number of hydrogen-bond donors (Lipinski definition) is 1. The van der Waals surface area contributed by atoms with Gasteiger partial charge in [-0.25, -0.2) is 0 Å². The van der Waals surface area contributed by atoms with Gasteiger partial charge >= 0.3 is 0 Å². The second-order valence-electron chi connectivity index (χ2n) is 7.77. The van der Waals surface area contributed by atoms with Gasteiger partial charge < -0.3 is 4.98 Å². The second-order valence-corrected chi connectivity index (χ2v) is 9.60. The van der Waals surface area contributed by atoms with Crippen LogP contribution in [0.2, 0.25) is 0 Å². The molecule has 0 saturated carbocycles. The minimum Gasteiger partial charge on any atom is -0.354 e. The zero-order valence-corrected chi connectivity index (χ0v) is 18.5. The Morgan fingerprint density at radius 2 is 1.64 bits per heavy atom. The summed E-state index contributed by atoms with van der Waals surface area (Å²) in [5.41, 5.74) is 3.93. The molecule has 0 radical (unpaired) electrons. The number of benzene rings is 2. The van der Waals surface area contributed by atoms with E-state index in [1.807, 2.05) is 0 Å². The third-order valence-electron chi connectivity index (χ3n) is 5.10. The van der Waals surface area contributed by atoms with E-state index in [9.17, 15) is 0 Å². The fraction of sp³-hybridized carbons (Fsp3) is 0.455. The molecule has 0 bridgehead atoms. The van der Waals surface area contributed by atoms with Crippen LogP contribution in [0.4, 0.5) is 0 Å². The molecule has 134 valence electrons. The summed E-state index contributed by atoms with van der Waals surface area (Å²) in [4.78, 5) is 3.64. The molecule has 0 aliphatic rings. The zero-order chi connectivity index (χ0) is 18.0. The van der Waals surface area contributed by atoms with Gasteiger partial charge in [0.05, 0.1) is 0 Å². The average Bonchev–Trinajstić information content (AvgIpc) is 2.90. The lowest BCUT2D eigenvalue weighted by atomic mass is 9.94. The lowest BCUT2D eigenvalue weighted by Crippen LogP contribution is -1.99. The molecule has 0 amide bonds. The largest absolute Gasteiger partial charge is 0.354 e. The molecule has 25 heavy (non-hydrogen) atoms. The highest BCUT2D eigenvalue weighted by molar-refractivity contribution is 9.10. The number of aryl methyl sites for hydroxylation is 1. The van der Waals surface area contributed by atoms with Gasteiger partial charge in [0.15, 0.2) is 0 Å². The summed E-state index contributed by atoms with van der Waals surface area (Å²) in [6.07, 6.45) is 6.43. The van der Waals surface area contributed by atoms with Crippen LogP contribution in [0.25, 0.3) is 21.8 Å². The minimum absolute atomic E-state index is 0.784. The van der Waals surface area contributed by atoms with Gasteiger partial charge in [0, 0.05) is 30.8 Å². The molecule has 3 rings (SSSR count). The molecule has 1 nitrogen and oxygen atoms in total. The first-order valence-corrected chi connectivity index (χ1v) is 10.9. The van der Waals surface area contributed by atoms with Crippen LogP contribution in [0.1, 0.15) is 52.0 Å². The maximum absolute atomic E-state index is 3.71. The molecule has 0 fully saturated rings. The van der Waals surface area contributed by atoms with Gasteiger partial charge in [-0.05, 0) is 60.6 Å². The lowest BCUT2D eigenvalue weighted by Gasteiger charge is -2.13. The first kappa shape index (κ1) is 19.0. The van der Waals surface area contributed by atoms with Gasteiger partial charge in [-0.15, -0.1) is 0 Å². The standard InChI is InChI=1S/C22H27Br2N/c1-14(2)5-4-6-15(3)7-8-16-11-18(24)13-20-19-12-17(23)9-10-21(19)25-22(16)20/h9-15,25H,4-8H2,1-3H3/t15-/m0/s1. The number of halogens is 2. The van der Waals surface area contributed by atoms with E-state index in [1.54, 1.807) is 0 Å². The topological polar surface area (TPSA) is 15.8 Å². The number of nitrogens with one attached hydrogen (secondary N) is 1. The highest BCUT2D eigenvalue weighted by atomic mass is 79.9. The zero-order valence-electron chi connectivity index (χ0n) is 15.3. The fourth-order valence-electron chi connectivity index (χ4n) is 3.62. The molecule has 1 aromatic heterocycles. The van der Waals surface area contributed by atoms with E-state index in [0.29, 0.717) is 0 Å². The Bertz CT molecular complexity index is 863. The lowest BCUT2D eigenvalue weighted by molar-refractivity contribution is 0.437. The van der Waals surface area contributed by atoms with Gasteiger partial charge in [0.25, 0.3) is 0 Å². The summed E-state index contributed by atoms with van der Waals surface area (Å²) in [6, 6.07) is 11.0. The highest BCUT2D eigenvalue weighted by Gasteiger charge is 2.12. The van der Waals surface area contributed by atoms with Crippen LogP contribution in [0, 0.1) is 11.8 Å². The van der Waals surface area contributed by atoms with E-state index < -0.39 is 0 Å². The van der Waals surface area contributed by atoms with E-state index in [2.05, 4.69) is 87.9 Å². The van der Waals surface area contributed by atoms with Crippen molar-refractivity contribution >= 4 is 53.7 Å². The molecule has 3 aromatic rings. The summed E-state index contributed by atoms with van der Waals surface area (Å²) in [6.45, 7) is 7.03. The van der Waals surface area contributed by atoms with E-state index >= 15 is 0 Å². The smallest absolute Gasteiger partial charge is 0.0498 e. The molecule has 2 aromatic carbocycles. The van der Waals surface area contributed by atoms with Crippen molar-refractivity contribution in [1.29, 1.82) is 0 Å². The van der Waals surface area contributed by atoms with Crippen LogP contribution < -0.4 is 0 Å². The van der Waals surface area contributed by atoms with Gasteiger partial charge in [-0.1, -0.05) is 71.9 Å². The Morgan fingerprint density at radius 3 is 2.40 bits per heavy atom. The van der Waals surface area contributed by atoms with E-state index in [0.717, 1.165) is 22.7 Å². The van der Waals surface area contributed by atoms with Crippen molar-refractivity contribution in [2.45, 2.75) is 52.9 Å². The number of aromatic nitrogens is 1. The summed E-state index contributed by atoms with van der Waals surface area (Å²) in [7, 11) is 0. The van der Waals surface area contributed by atoms with Crippen molar-refractivity contribution in [1.82, 2.24) is 4.98 Å². The third-order valence-corrected chi connectivity index (χ3v) is 6.05. The Balaban J connectivity index is 1.80. The first-order chi connectivity index (χ1) is 11.9. The van der Waals surface area contributed by atoms with Crippen molar-refractivity contribution in [2.75, 3.05) is 0 Å². The Kier molecular flexibility index (Phi) is 6.27. The summed E-state index contributed by atoms with van der Waals surface area (Å²) >= 11 is 7.31. The van der Waals surface area contributed by atoms with Crippen LogP contribution in [0.15, 0.2) is 39.3 Å². The average molecular weight is 465 g/mol. The number of rotatable bonds is 7. The van der Waals surface area contributed by atoms with Crippen molar-refractivity contribution < 1.29 is 0 Å². The molecular weight excluding hydrogens is 438 g/mol. The van der Waals surface area contributed by atoms with Crippen LogP contribution in [0.3, 0.4) is 0 Å². The molecule has 0 aliphatic heterocycles. The van der Waals surface area contributed by atoms with Crippen LogP contribution >= 0.6 is 31.9 Å². The predicted molar refractivity (Wildman–Crippen MR) is 117 cm³/mol. The Labute approximate surface area is 167 Å². The van der Waals surface area contributed by atoms with Crippen molar-refractivity contribution in [3.05, 3.63) is 44.8 Å². The molecule has 1 heterocycles. The van der Waals surface area contributed by atoms with Crippen molar-refractivity contribution in [2.24, 2.45) is 11.8 Å². The molecule has 0 spiro atoms. The van der Waals surface area contributed by atoms with Crippen molar-refractivity contribution in [3.8, 4) is 0 Å². The summed E-state index contributed by atoms with van der Waals surface area (Å²) < 4.78 is 2.30. The SMILES string of the molecule is CC(C)CCC[C@H](C)CCc1cc(Br)cc2c1[nH]c1ccc(Br)cc12. The second kappa shape index (κ2) is 8.26. The molecular formula is C22H27Br2N. The molecule has 0 aliphatic carbocycles. The van der Waals surface area contributed by atoms with Crippen LogP contribution in [0.5, 0.6) is 0 Å².